The van der Waals surface area contributed by atoms with Crippen LogP contribution in [0.4, 0.5) is 4.79 Å². The van der Waals surface area contributed by atoms with Crippen molar-refractivity contribution in [2.24, 2.45) is 0 Å². The van der Waals surface area contributed by atoms with Gasteiger partial charge < -0.3 is 24.6 Å². The van der Waals surface area contributed by atoms with Crippen molar-refractivity contribution < 1.29 is 28.9 Å². The van der Waals surface area contributed by atoms with Gasteiger partial charge in [-0.25, -0.2) is 9.59 Å². The van der Waals surface area contributed by atoms with E-state index >= 15 is 0 Å². The number of amides is 1. The number of carboxylic acid groups (broad SMARTS) is 1. The third kappa shape index (κ3) is 4.47. The number of hydrogen-bond acceptors (Lipinski definition) is 5. The fourth-order valence-electron chi connectivity index (χ4n) is 4.03. The average molecular weight is 411 g/mol. The van der Waals surface area contributed by atoms with Gasteiger partial charge in [0.1, 0.15) is 6.61 Å². The summed E-state index contributed by atoms with van der Waals surface area (Å²) in [7, 11) is 0. The van der Waals surface area contributed by atoms with Gasteiger partial charge in [0.05, 0.1) is 12.7 Å². The van der Waals surface area contributed by atoms with Crippen LogP contribution in [0.25, 0.3) is 11.1 Å². The van der Waals surface area contributed by atoms with Gasteiger partial charge >= 0.3 is 12.1 Å². The first-order chi connectivity index (χ1) is 14.6. The number of hydrogen-bond donors (Lipinski definition) is 2. The lowest BCUT2D eigenvalue weighted by Gasteiger charge is -2.24. The lowest BCUT2D eigenvalue weighted by atomic mass is 9.98. The maximum atomic E-state index is 12.3. The highest BCUT2D eigenvalue weighted by atomic mass is 16.6. The lowest BCUT2D eigenvalue weighted by Crippen LogP contribution is -2.45. The molecule has 30 heavy (non-hydrogen) atoms. The van der Waals surface area contributed by atoms with Gasteiger partial charge in [0.25, 0.3) is 0 Å². The van der Waals surface area contributed by atoms with E-state index in [0.29, 0.717) is 13.2 Å². The summed E-state index contributed by atoms with van der Waals surface area (Å²) in [6.45, 7) is 1.22. The van der Waals surface area contributed by atoms with Gasteiger partial charge in [-0.05, 0) is 35.1 Å². The highest BCUT2D eigenvalue weighted by Crippen LogP contribution is 2.44. The summed E-state index contributed by atoms with van der Waals surface area (Å²) >= 11 is 0. The van der Waals surface area contributed by atoms with E-state index in [1.54, 1.807) is 0 Å². The third-order valence-electron chi connectivity index (χ3n) is 5.60. The van der Waals surface area contributed by atoms with E-state index in [4.69, 9.17) is 14.2 Å². The summed E-state index contributed by atoms with van der Waals surface area (Å²) in [5.41, 5.74) is 4.47. The number of ether oxygens (including phenoxy) is 3. The van der Waals surface area contributed by atoms with Crippen LogP contribution in [-0.2, 0) is 19.0 Å². The second kappa shape index (κ2) is 9.28. The molecule has 2 N–H and O–H groups in total. The Balaban J connectivity index is 1.35. The summed E-state index contributed by atoms with van der Waals surface area (Å²) in [5.74, 6) is -1.24. The molecule has 1 aliphatic heterocycles. The largest absolute Gasteiger partial charge is 0.480 e. The van der Waals surface area contributed by atoms with Crippen LogP contribution in [0.5, 0.6) is 0 Å². The van der Waals surface area contributed by atoms with Crippen LogP contribution in [-0.4, -0.2) is 55.7 Å². The van der Waals surface area contributed by atoms with Crippen LogP contribution >= 0.6 is 0 Å². The van der Waals surface area contributed by atoms with E-state index in [2.05, 4.69) is 17.4 Å². The molecule has 2 aromatic rings. The van der Waals surface area contributed by atoms with Crippen molar-refractivity contribution in [3.63, 3.8) is 0 Å². The zero-order valence-electron chi connectivity index (χ0n) is 16.6. The first kappa shape index (κ1) is 20.4. The second-order valence-corrected chi connectivity index (χ2v) is 7.51. The molecule has 2 aliphatic rings. The SMILES string of the molecule is O=C(N[C@@H](COC1CCOCC1)C(=O)O)OCC1c2ccccc2-c2ccccc21. The number of nitrogens with one attached hydrogen (secondary N) is 1. The fraction of sp³-hybridized carbons (Fsp3) is 0.391. The molecule has 0 bridgehead atoms. The first-order valence-electron chi connectivity index (χ1n) is 10.2. The molecular formula is C23H25NO6. The quantitative estimate of drug-likeness (QED) is 0.727. The van der Waals surface area contributed by atoms with Crippen LogP contribution in [0.1, 0.15) is 29.9 Å². The molecule has 0 radical (unpaired) electrons. The number of rotatable bonds is 7. The monoisotopic (exact) mass is 411 g/mol. The number of aliphatic carboxylic acids is 1. The van der Waals surface area contributed by atoms with Crippen LogP contribution in [0.2, 0.25) is 0 Å². The summed E-state index contributed by atoms with van der Waals surface area (Å²) in [6.07, 6.45) is 0.624. The minimum absolute atomic E-state index is 0.0510. The number of carbonyl (C=O) groups excluding carboxylic acids is 1. The van der Waals surface area contributed by atoms with Gasteiger partial charge in [-0.2, -0.15) is 0 Å². The van der Waals surface area contributed by atoms with Crippen molar-refractivity contribution >= 4 is 12.1 Å². The van der Waals surface area contributed by atoms with Crippen molar-refractivity contribution in [3.8, 4) is 11.1 Å². The Kier molecular flexibility index (Phi) is 6.30. The number of alkyl carbamates (subject to hydrolysis) is 1. The van der Waals surface area contributed by atoms with Crippen molar-refractivity contribution in [1.82, 2.24) is 5.32 Å². The maximum absolute atomic E-state index is 12.3. The average Bonchev–Trinajstić information content (AvgIpc) is 3.09. The predicted molar refractivity (Wildman–Crippen MR) is 109 cm³/mol. The molecule has 1 atom stereocenters. The molecule has 0 unspecified atom stereocenters. The Morgan fingerprint density at radius 3 is 2.23 bits per heavy atom. The van der Waals surface area contributed by atoms with E-state index in [9.17, 15) is 14.7 Å². The minimum atomic E-state index is -1.16. The first-order valence-corrected chi connectivity index (χ1v) is 10.2. The number of carbonyl (C=O) groups is 2. The topological polar surface area (TPSA) is 94.1 Å². The molecule has 1 heterocycles. The number of carboxylic acids is 1. The Bertz CT molecular complexity index is 863. The zero-order chi connectivity index (χ0) is 20.9. The summed E-state index contributed by atoms with van der Waals surface area (Å²) < 4.78 is 16.3. The zero-order valence-corrected chi connectivity index (χ0v) is 16.6. The molecule has 4 rings (SSSR count). The highest BCUT2D eigenvalue weighted by molar-refractivity contribution is 5.81. The molecule has 1 fully saturated rings. The van der Waals surface area contributed by atoms with Crippen LogP contribution in [0, 0.1) is 0 Å². The molecule has 2 aromatic carbocycles. The highest BCUT2D eigenvalue weighted by Gasteiger charge is 2.30. The fourth-order valence-corrected chi connectivity index (χ4v) is 4.03. The molecule has 0 saturated carbocycles. The maximum Gasteiger partial charge on any atom is 0.407 e. The van der Waals surface area contributed by atoms with Gasteiger partial charge in [-0.3, -0.25) is 0 Å². The lowest BCUT2D eigenvalue weighted by molar-refractivity contribution is -0.142. The Hall–Kier alpha value is -2.90. The Labute approximate surface area is 174 Å². The molecule has 1 aliphatic carbocycles. The second-order valence-electron chi connectivity index (χ2n) is 7.51. The Morgan fingerprint density at radius 2 is 1.63 bits per heavy atom. The van der Waals surface area contributed by atoms with Gasteiger partial charge in [0, 0.05) is 19.1 Å². The van der Waals surface area contributed by atoms with Crippen LogP contribution in [0.3, 0.4) is 0 Å². The smallest absolute Gasteiger partial charge is 0.407 e. The third-order valence-corrected chi connectivity index (χ3v) is 5.60. The van der Waals surface area contributed by atoms with Crippen molar-refractivity contribution in [1.29, 1.82) is 0 Å². The Morgan fingerprint density at radius 1 is 1.03 bits per heavy atom. The predicted octanol–water partition coefficient (Wildman–Crippen LogP) is 3.17. The van der Waals surface area contributed by atoms with Crippen LogP contribution < -0.4 is 5.32 Å². The normalized spacial score (nSPS) is 17.1. The van der Waals surface area contributed by atoms with E-state index < -0.39 is 18.1 Å². The van der Waals surface area contributed by atoms with Gasteiger partial charge in [-0.1, -0.05) is 48.5 Å². The molecule has 1 saturated heterocycles. The molecule has 0 spiro atoms. The van der Waals surface area contributed by atoms with Crippen molar-refractivity contribution in [2.75, 3.05) is 26.4 Å². The van der Waals surface area contributed by atoms with E-state index in [0.717, 1.165) is 35.1 Å². The van der Waals surface area contributed by atoms with Gasteiger partial charge in [-0.15, -0.1) is 0 Å². The van der Waals surface area contributed by atoms with Gasteiger partial charge in [0.15, 0.2) is 6.04 Å². The number of fused-ring (bicyclic) bond motifs is 3. The molecule has 1 amide bonds. The van der Waals surface area contributed by atoms with Crippen molar-refractivity contribution in [3.05, 3.63) is 59.7 Å². The number of benzene rings is 2. The van der Waals surface area contributed by atoms with E-state index in [1.807, 2.05) is 36.4 Å². The standard InChI is InChI=1S/C23H25NO6/c25-22(26)21(14-29-15-9-11-28-12-10-15)24-23(27)30-13-20-18-7-3-1-5-16(18)17-6-2-4-8-19(17)20/h1-8,15,20-21H,9-14H2,(H,24,27)(H,25,26)/t21-/m0/s1. The van der Waals surface area contributed by atoms with Gasteiger partial charge in [0.2, 0.25) is 0 Å². The van der Waals surface area contributed by atoms with Crippen molar-refractivity contribution in [2.45, 2.75) is 30.9 Å². The summed E-state index contributed by atoms with van der Waals surface area (Å²) in [6, 6.07) is 14.9. The molecule has 7 heteroatoms. The minimum Gasteiger partial charge on any atom is -0.480 e. The van der Waals surface area contributed by atoms with E-state index in [-0.39, 0.29) is 25.2 Å². The summed E-state index contributed by atoms with van der Waals surface area (Å²) in [5, 5.41) is 11.8. The van der Waals surface area contributed by atoms with Crippen LogP contribution in [0.15, 0.2) is 48.5 Å². The molecular weight excluding hydrogens is 386 g/mol. The summed E-state index contributed by atoms with van der Waals surface area (Å²) in [4.78, 5) is 23.8. The molecule has 0 aromatic heterocycles. The molecule has 158 valence electrons. The molecule has 7 nitrogen and oxygen atoms in total. The van der Waals surface area contributed by atoms with E-state index in [1.165, 1.54) is 0 Å².